The van der Waals surface area contributed by atoms with Gasteiger partial charge in [-0.3, -0.25) is 4.79 Å². The Morgan fingerprint density at radius 1 is 1.19 bits per heavy atom. The van der Waals surface area contributed by atoms with Crippen molar-refractivity contribution in [2.45, 2.75) is 6.61 Å². The molecule has 7 heteroatoms. The molecule has 1 aromatic heterocycles. The van der Waals surface area contributed by atoms with Crippen LogP contribution in [0, 0.1) is 0 Å². The fourth-order valence-corrected chi connectivity index (χ4v) is 1.57. The quantitative estimate of drug-likeness (QED) is 0.921. The van der Waals surface area contributed by atoms with Crippen molar-refractivity contribution >= 4 is 11.6 Å². The van der Waals surface area contributed by atoms with Crippen molar-refractivity contribution in [2.24, 2.45) is 0 Å². The summed E-state index contributed by atoms with van der Waals surface area (Å²) < 4.78 is 33.1. The molecule has 2 rings (SSSR count). The van der Waals surface area contributed by atoms with Gasteiger partial charge in [0.05, 0.1) is 19.0 Å². The van der Waals surface area contributed by atoms with Crippen LogP contribution in [0.25, 0.3) is 0 Å². The summed E-state index contributed by atoms with van der Waals surface area (Å²) in [5.41, 5.74) is 0.807. The number of nitrogens with one attached hydrogen (secondary N) is 1. The van der Waals surface area contributed by atoms with Crippen molar-refractivity contribution in [3.05, 3.63) is 48.2 Å². The molecule has 0 radical (unpaired) electrons. The molecule has 21 heavy (non-hydrogen) atoms. The first-order valence-corrected chi connectivity index (χ1v) is 5.95. The first-order chi connectivity index (χ1) is 10.1. The molecule has 1 amide bonds. The fourth-order valence-electron chi connectivity index (χ4n) is 1.57. The van der Waals surface area contributed by atoms with Gasteiger partial charge in [0.25, 0.3) is 5.91 Å². The Hall–Kier alpha value is -2.70. The number of hydrogen-bond donors (Lipinski definition) is 1. The molecule has 1 aromatic carbocycles. The summed E-state index contributed by atoms with van der Waals surface area (Å²) in [6.45, 7) is -2.89. The second-order valence-electron chi connectivity index (χ2n) is 3.95. The summed E-state index contributed by atoms with van der Waals surface area (Å²) in [5, 5.41) is 2.62. The molecule has 0 aliphatic rings. The van der Waals surface area contributed by atoms with Gasteiger partial charge in [0.1, 0.15) is 5.75 Å². The van der Waals surface area contributed by atoms with Gasteiger partial charge in [0, 0.05) is 11.6 Å². The summed E-state index contributed by atoms with van der Waals surface area (Å²) in [6.07, 6.45) is 1.45. The Kier molecular flexibility index (Phi) is 4.65. The number of pyridine rings is 1. The average Bonchev–Trinajstić information content (AvgIpc) is 2.48. The van der Waals surface area contributed by atoms with Gasteiger partial charge in [-0.25, -0.2) is 4.98 Å². The van der Waals surface area contributed by atoms with Crippen LogP contribution >= 0.6 is 0 Å². The number of aromatic nitrogens is 1. The van der Waals surface area contributed by atoms with Crippen molar-refractivity contribution in [1.82, 2.24) is 4.98 Å². The smallest absolute Gasteiger partial charge is 0.387 e. The largest absolute Gasteiger partial charge is 0.481 e. The van der Waals surface area contributed by atoms with E-state index in [0.29, 0.717) is 17.1 Å². The van der Waals surface area contributed by atoms with Gasteiger partial charge in [0.15, 0.2) is 0 Å². The maximum atomic E-state index is 12.0. The number of hydrogen-bond acceptors (Lipinski definition) is 4. The number of halogens is 2. The number of methoxy groups -OCH3 is 1. The zero-order valence-electron chi connectivity index (χ0n) is 11.0. The van der Waals surface area contributed by atoms with Crippen LogP contribution < -0.4 is 14.8 Å². The summed E-state index contributed by atoms with van der Waals surface area (Å²) in [6, 6.07) is 8.63. The number of carbonyl (C=O) groups excluding carboxylic acids is 1. The van der Waals surface area contributed by atoms with E-state index in [2.05, 4.69) is 15.0 Å². The van der Waals surface area contributed by atoms with Crippen LogP contribution in [0.5, 0.6) is 11.6 Å². The normalized spacial score (nSPS) is 10.3. The van der Waals surface area contributed by atoms with Gasteiger partial charge in [-0.2, -0.15) is 8.78 Å². The van der Waals surface area contributed by atoms with Crippen molar-refractivity contribution in [3.8, 4) is 11.6 Å². The van der Waals surface area contributed by atoms with E-state index in [1.165, 1.54) is 37.6 Å². The SMILES string of the molecule is COc1ccc(NC(=O)c2ccc(OC(F)F)cc2)cn1. The molecule has 0 saturated carbocycles. The van der Waals surface area contributed by atoms with E-state index in [0.717, 1.165) is 0 Å². The molecule has 0 aliphatic carbocycles. The van der Waals surface area contributed by atoms with Crippen LogP contribution in [0.15, 0.2) is 42.6 Å². The van der Waals surface area contributed by atoms with Crippen LogP contribution in [0.2, 0.25) is 0 Å². The topological polar surface area (TPSA) is 60.5 Å². The van der Waals surface area contributed by atoms with Gasteiger partial charge < -0.3 is 14.8 Å². The lowest BCUT2D eigenvalue weighted by atomic mass is 10.2. The Morgan fingerprint density at radius 2 is 1.90 bits per heavy atom. The van der Waals surface area contributed by atoms with Gasteiger partial charge >= 0.3 is 6.61 Å². The highest BCUT2D eigenvalue weighted by atomic mass is 19.3. The molecule has 0 saturated heterocycles. The summed E-state index contributed by atoms with van der Waals surface area (Å²) in [7, 11) is 1.49. The van der Waals surface area contributed by atoms with E-state index in [1.807, 2.05) is 0 Å². The molecule has 1 heterocycles. The highest BCUT2D eigenvalue weighted by Crippen LogP contribution is 2.16. The minimum atomic E-state index is -2.89. The lowest BCUT2D eigenvalue weighted by Crippen LogP contribution is -2.12. The standard InChI is InChI=1S/C14H12F2N2O3/c1-20-12-7-4-10(8-17-12)18-13(19)9-2-5-11(6-3-9)21-14(15)16/h2-8,14H,1H3,(H,18,19). The second kappa shape index (κ2) is 6.65. The number of anilines is 1. The average molecular weight is 294 g/mol. The van der Waals surface area contributed by atoms with E-state index in [-0.39, 0.29) is 11.7 Å². The lowest BCUT2D eigenvalue weighted by Gasteiger charge is -2.07. The molecule has 0 fully saturated rings. The van der Waals surface area contributed by atoms with Crippen molar-refractivity contribution in [3.63, 3.8) is 0 Å². The highest BCUT2D eigenvalue weighted by Gasteiger charge is 2.08. The van der Waals surface area contributed by atoms with Crippen molar-refractivity contribution < 1.29 is 23.0 Å². The minimum Gasteiger partial charge on any atom is -0.481 e. The monoisotopic (exact) mass is 294 g/mol. The van der Waals surface area contributed by atoms with E-state index in [9.17, 15) is 13.6 Å². The van der Waals surface area contributed by atoms with Crippen LogP contribution in [-0.4, -0.2) is 24.6 Å². The number of nitrogens with zero attached hydrogens (tertiary/aromatic N) is 1. The molecule has 0 unspecified atom stereocenters. The van der Waals surface area contributed by atoms with Crippen molar-refractivity contribution in [2.75, 3.05) is 12.4 Å². The van der Waals surface area contributed by atoms with E-state index in [4.69, 9.17) is 4.74 Å². The van der Waals surface area contributed by atoms with Crippen LogP contribution in [0.3, 0.4) is 0 Å². The molecule has 1 N–H and O–H groups in total. The Morgan fingerprint density at radius 3 is 2.43 bits per heavy atom. The Labute approximate surface area is 119 Å². The van der Waals surface area contributed by atoms with Crippen LogP contribution in [0.1, 0.15) is 10.4 Å². The molecule has 5 nitrogen and oxygen atoms in total. The second-order valence-corrected chi connectivity index (χ2v) is 3.95. The molecule has 0 spiro atoms. The number of ether oxygens (including phenoxy) is 2. The third-order valence-corrected chi connectivity index (χ3v) is 2.55. The maximum Gasteiger partial charge on any atom is 0.387 e. The zero-order valence-corrected chi connectivity index (χ0v) is 11.0. The first-order valence-electron chi connectivity index (χ1n) is 5.95. The first kappa shape index (κ1) is 14.7. The molecular formula is C14H12F2N2O3. The van der Waals surface area contributed by atoms with Gasteiger partial charge in [-0.1, -0.05) is 0 Å². The molecule has 2 aromatic rings. The van der Waals surface area contributed by atoms with Gasteiger partial charge in [-0.15, -0.1) is 0 Å². The maximum absolute atomic E-state index is 12.0. The predicted octanol–water partition coefficient (Wildman–Crippen LogP) is 2.94. The van der Waals surface area contributed by atoms with Crippen LogP contribution in [-0.2, 0) is 0 Å². The van der Waals surface area contributed by atoms with Crippen molar-refractivity contribution in [1.29, 1.82) is 0 Å². The summed E-state index contributed by atoms with van der Waals surface area (Å²) in [5.74, 6) is 0.0414. The molecule has 0 aliphatic heterocycles. The Bertz CT molecular complexity index is 601. The van der Waals surface area contributed by atoms with Gasteiger partial charge in [-0.05, 0) is 30.3 Å². The van der Waals surface area contributed by atoms with E-state index >= 15 is 0 Å². The molecule has 0 bridgehead atoms. The Balaban J connectivity index is 2.02. The molecule has 110 valence electrons. The number of rotatable bonds is 5. The molecule has 0 atom stereocenters. The summed E-state index contributed by atoms with van der Waals surface area (Å²) in [4.78, 5) is 15.9. The number of alkyl halides is 2. The number of benzene rings is 1. The van der Waals surface area contributed by atoms with E-state index < -0.39 is 6.61 Å². The third kappa shape index (κ3) is 4.13. The number of amides is 1. The highest BCUT2D eigenvalue weighted by molar-refractivity contribution is 6.04. The minimum absolute atomic E-state index is 0.00679. The van der Waals surface area contributed by atoms with Crippen LogP contribution in [0.4, 0.5) is 14.5 Å². The summed E-state index contributed by atoms with van der Waals surface area (Å²) >= 11 is 0. The number of carbonyl (C=O) groups is 1. The zero-order chi connectivity index (χ0) is 15.2. The fraction of sp³-hybridized carbons (Fsp3) is 0.143. The van der Waals surface area contributed by atoms with Gasteiger partial charge in [0.2, 0.25) is 5.88 Å². The molecular weight excluding hydrogens is 282 g/mol. The van der Waals surface area contributed by atoms with E-state index in [1.54, 1.807) is 12.1 Å². The predicted molar refractivity (Wildman–Crippen MR) is 71.8 cm³/mol. The third-order valence-electron chi connectivity index (χ3n) is 2.55. The lowest BCUT2D eigenvalue weighted by molar-refractivity contribution is -0.0498.